The van der Waals surface area contributed by atoms with Gasteiger partial charge in [0.25, 0.3) is 0 Å². The minimum atomic E-state index is -0.457. The maximum Gasteiger partial charge on any atom is 0.246 e. The van der Waals surface area contributed by atoms with Crippen LogP contribution in [0.3, 0.4) is 0 Å². The number of piperazine rings is 1. The normalized spacial score (nSPS) is 24.1. The van der Waals surface area contributed by atoms with Crippen molar-refractivity contribution in [2.24, 2.45) is 5.92 Å². The summed E-state index contributed by atoms with van der Waals surface area (Å²) in [6.45, 7) is 7.93. The fraction of sp³-hybridized carbons (Fsp3) is 0.667. The van der Waals surface area contributed by atoms with Crippen LogP contribution in [-0.2, 0) is 16.1 Å². The van der Waals surface area contributed by atoms with Gasteiger partial charge in [-0.3, -0.25) is 9.59 Å². The van der Waals surface area contributed by atoms with Crippen molar-refractivity contribution in [3.63, 3.8) is 0 Å². The maximum absolute atomic E-state index is 12.7. The highest BCUT2D eigenvalue weighted by Gasteiger charge is 2.41. The fourth-order valence-electron chi connectivity index (χ4n) is 2.62. The van der Waals surface area contributed by atoms with Crippen LogP contribution in [0.25, 0.3) is 0 Å². The molecule has 1 N–H and O–H groups in total. The van der Waals surface area contributed by atoms with E-state index in [4.69, 9.17) is 4.42 Å². The van der Waals surface area contributed by atoms with Gasteiger partial charge in [-0.05, 0) is 19.3 Å². The van der Waals surface area contributed by atoms with Crippen LogP contribution in [0.1, 0.15) is 45.3 Å². The average molecular weight is 293 g/mol. The van der Waals surface area contributed by atoms with Crippen LogP contribution in [0.2, 0.25) is 0 Å². The number of hydrogen-bond acceptors (Lipinski definition) is 4. The van der Waals surface area contributed by atoms with Crippen molar-refractivity contribution in [3.05, 3.63) is 17.8 Å². The molecule has 1 aliphatic heterocycles. The zero-order valence-corrected chi connectivity index (χ0v) is 13.0. The summed E-state index contributed by atoms with van der Waals surface area (Å²) in [5.74, 6) is 1.13. The molecule has 1 aromatic rings. The quantitative estimate of drug-likeness (QED) is 0.895. The van der Waals surface area contributed by atoms with Gasteiger partial charge in [-0.25, -0.2) is 4.98 Å². The third-order valence-corrected chi connectivity index (χ3v) is 4.10. The van der Waals surface area contributed by atoms with Gasteiger partial charge in [-0.1, -0.05) is 27.2 Å². The molecule has 3 unspecified atom stereocenters. The van der Waals surface area contributed by atoms with Gasteiger partial charge in [-0.2, -0.15) is 0 Å². The molecule has 0 aliphatic carbocycles. The molecule has 2 rings (SSSR count). The predicted molar refractivity (Wildman–Crippen MR) is 77.3 cm³/mol. The largest absolute Gasteiger partial charge is 0.444 e. The highest BCUT2D eigenvalue weighted by Crippen LogP contribution is 2.21. The first-order valence-corrected chi connectivity index (χ1v) is 7.50. The van der Waals surface area contributed by atoms with Gasteiger partial charge in [-0.15, -0.1) is 0 Å². The van der Waals surface area contributed by atoms with Crippen LogP contribution in [-0.4, -0.2) is 33.8 Å². The lowest BCUT2D eigenvalue weighted by Crippen LogP contribution is -2.64. The molecule has 0 bridgehead atoms. The molecule has 6 heteroatoms. The molecule has 0 saturated carbocycles. The molecule has 1 aliphatic rings. The van der Waals surface area contributed by atoms with Gasteiger partial charge in [0, 0.05) is 0 Å². The van der Waals surface area contributed by atoms with Crippen LogP contribution in [0.4, 0.5) is 0 Å². The molecule has 0 aromatic carbocycles. The zero-order valence-electron chi connectivity index (χ0n) is 13.0. The van der Waals surface area contributed by atoms with Gasteiger partial charge in [0.1, 0.15) is 17.8 Å². The Morgan fingerprint density at radius 3 is 2.67 bits per heavy atom. The van der Waals surface area contributed by atoms with Gasteiger partial charge in [0.05, 0.1) is 12.7 Å². The van der Waals surface area contributed by atoms with E-state index in [2.05, 4.69) is 10.3 Å². The summed E-state index contributed by atoms with van der Waals surface area (Å²) in [7, 11) is 0. The van der Waals surface area contributed by atoms with Crippen LogP contribution >= 0.6 is 0 Å². The van der Waals surface area contributed by atoms with E-state index in [9.17, 15) is 9.59 Å². The molecule has 3 atom stereocenters. The smallest absolute Gasteiger partial charge is 0.246 e. The number of rotatable bonds is 5. The molecule has 0 radical (unpaired) electrons. The highest BCUT2D eigenvalue weighted by molar-refractivity contribution is 5.97. The molecule has 116 valence electrons. The Hall–Kier alpha value is -1.85. The number of carbonyl (C=O) groups is 2. The van der Waals surface area contributed by atoms with Crippen LogP contribution < -0.4 is 5.32 Å². The summed E-state index contributed by atoms with van der Waals surface area (Å²) in [6, 6.07) is -0.911. The second-order valence-corrected chi connectivity index (χ2v) is 5.63. The molecule has 6 nitrogen and oxygen atoms in total. The Morgan fingerprint density at radius 2 is 2.14 bits per heavy atom. The standard InChI is InChI=1S/C15H23N3O3/c1-5-9(3)13-15(20)18(11(6-2)14(19)17-13)8-12-16-7-10(4)21-12/h7,9,11,13H,5-6,8H2,1-4H3,(H,17,19). The third kappa shape index (κ3) is 3.09. The first kappa shape index (κ1) is 15.5. The number of aromatic nitrogens is 1. The Balaban J connectivity index is 2.24. The second-order valence-electron chi connectivity index (χ2n) is 5.63. The summed E-state index contributed by atoms with van der Waals surface area (Å²) >= 11 is 0. The lowest BCUT2D eigenvalue weighted by molar-refractivity contribution is -0.152. The molecule has 1 aromatic heterocycles. The average Bonchev–Trinajstić information content (AvgIpc) is 2.87. The molecule has 1 saturated heterocycles. The van der Waals surface area contributed by atoms with E-state index in [0.717, 1.165) is 6.42 Å². The molecule has 2 heterocycles. The summed E-state index contributed by atoms with van der Waals surface area (Å²) in [5, 5.41) is 2.86. The van der Waals surface area contributed by atoms with Crippen molar-refractivity contribution in [1.82, 2.24) is 15.2 Å². The van der Waals surface area contributed by atoms with Gasteiger partial charge < -0.3 is 14.6 Å². The maximum atomic E-state index is 12.7. The van der Waals surface area contributed by atoms with Crippen LogP contribution in [0.5, 0.6) is 0 Å². The summed E-state index contributed by atoms with van der Waals surface area (Å²) in [6.07, 6.45) is 3.03. The topological polar surface area (TPSA) is 75.4 Å². The van der Waals surface area contributed by atoms with E-state index in [-0.39, 0.29) is 24.3 Å². The van der Waals surface area contributed by atoms with E-state index in [1.165, 1.54) is 0 Å². The third-order valence-electron chi connectivity index (χ3n) is 4.10. The number of amides is 2. The Labute approximate surface area is 124 Å². The van der Waals surface area contributed by atoms with Crippen molar-refractivity contribution >= 4 is 11.8 Å². The van der Waals surface area contributed by atoms with Crippen molar-refractivity contribution in [2.45, 2.75) is 59.2 Å². The van der Waals surface area contributed by atoms with Gasteiger partial charge in [0.2, 0.25) is 17.7 Å². The monoisotopic (exact) mass is 293 g/mol. The summed E-state index contributed by atoms with van der Waals surface area (Å²) in [5.41, 5.74) is 0. The fourth-order valence-corrected chi connectivity index (χ4v) is 2.62. The van der Waals surface area contributed by atoms with E-state index in [1.807, 2.05) is 20.8 Å². The number of hydrogen-bond donors (Lipinski definition) is 1. The van der Waals surface area contributed by atoms with Crippen LogP contribution in [0.15, 0.2) is 10.6 Å². The number of nitrogens with one attached hydrogen (secondary N) is 1. The summed E-state index contributed by atoms with van der Waals surface area (Å²) < 4.78 is 5.45. The molecule has 21 heavy (non-hydrogen) atoms. The Bertz CT molecular complexity index is 526. The minimum absolute atomic E-state index is 0.0494. The molecule has 1 fully saturated rings. The Kier molecular flexibility index (Phi) is 4.65. The van der Waals surface area contributed by atoms with E-state index in [0.29, 0.717) is 18.1 Å². The van der Waals surface area contributed by atoms with Gasteiger partial charge >= 0.3 is 0 Å². The van der Waals surface area contributed by atoms with Crippen molar-refractivity contribution in [3.8, 4) is 0 Å². The first-order valence-electron chi connectivity index (χ1n) is 7.50. The lowest BCUT2D eigenvalue weighted by atomic mass is 9.93. The second kappa shape index (κ2) is 6.28. The zero-order chi connectivity index (χ0) is 15.6. The predicted octanol–water partition coefficient (Wildman–Crippen LogP) is 1.63. The molecule has 0 spiro atoms. The molecule has 2 amide bonds. The van der Waals surface area contributed by atoms with Crippen molar-refractivity contribution < 1.29 is 14.0 Å². The number of nitrogens with zero attached hydrogens (tertiary/aromatic N) is 2. The van der Waals surface area contributed by atoms with E-state index >= 15 is 0 Å². The lowest BCUT2D eigenvalue weighted by Gasteiger charge is -2.39. The number of aryl methyl sites for hydroxylation is 1. The molecular formula is C15H23N3O3. The highest BCUT2D eigenvalue weighted by atomic mass is 16.4. The first-order chi connectivity index (χ1) is 9.97. The SMILES string of the molecule is CCC(C)C1NC(=O)C(CC)N(Cc2ncc(C)o2)C1=O. The minimum Gasteiger partial charge on any atom is -0.444 e. The van der Waals surface area contributed by atoms with Crippen LogP contribution in [0, 0.1) is 12.8 Å². The van der Waals surface area contributed by atoms with Crippen molar-refractivity contribution in [2.75, 3.05) is 0 Å². The number of oxazole rings is 1. The van der Waals surface area contributed by atoms with E-state index in [1.54, 1.807) is 18.0 Å². The summed E-state index contributed by atoms with van der Waals surface area (Å²) in [4.78, 5) is 30.7. The van der Waals surface area contributed by atoms with Crippen molar-refractivity contribution in [1.29, 1.82) is 0 Å². The van der Waals surface area contributed by atoms with E-state index < -0.39 is 12.1 Å². The van der Waals surface area contributed by atoms with Gasteiger partial charge in [0.15, 0.2) is 0 Å². The number of carbonyl (C=O) groups excluding carboxylic acids is 2. The molecular weight excluding hydrogens is 270 g/mol. The Morgan fingerprint density at radius 1 is 1.43 bits per heavy atom.